The van der Waals surface area contributed by atoms with Gasteiger partial charge in [-0.25, -0.2) is 9.64 Å². The summed E-state index contributed by atoms with van der Waals surface area (Å²) >= 11 is 0. The molecule has 0 radical (unpaired) electrons. The van der Waals surface area contributed by atoms with Crippen LogP contribution in [0.1, 0.15) is 17.4 Å². The molecule has 0 aliphatic heterocycles. The van der Waals surface area contributed by atoms with Crippen LogP contribution < -0.4 is 4.74 Å². The minimum Gasteiger partial charge on any atom is -0.461 e. The van der Waals surface area contributed by atoms with Crippen molar-refractivity contribution in [3.05, 3.63) is 77.9 Å². The molecule has 5 nitrogen and oxygen atoms in total. The molecule has 0 spiro atoms. The largest absolute Gasteiger partial charge is 0.461 e. The molecular formula is C21H18N2O3. The fourth-order valence-corrected chi connectivity index (χ4v) is 2.74. The molecule has 0 aliphatic carbocycles. The van der Waals surface area contributed by atoms with Crippen LogP contribution in [-0.2, 0) is 11.8 Å². The lowest BCUT2D eigenvalue weighted by atomic mass is 10.0. The first-order chi connectivity index (χ1) is 12.6. The third-order valence-electron chi connectivity index (χ3n) is 3.87. The molecule has 3 aromatic rings. The third kappa shape index (κ3) is 3.45. The zero-order valence-corrected chi connectivity index (χ0v) is 14.6. The van der Waals surface area contributed by atoms with E-state index in [1.54, 1.807) is 24.7 Å². The van der Waals surface area contributed by atoms with Crippen molar-refractivity contribution in [3.8, 4) is 22.6 Å². The second kappa shape index (κ2) is 7.58. The Labute approximate surface area is 152 Å². The molecule has 5 heteroatoms. The number of hydrogen-bond acceptors (Lipinski definition) is 3. The van der Waals surface area contributed by atoms with Gasteiger partial charge in [-0.1, -0.05) is 30.3 Å². The van der Waals surface area contributed by atoms with E-state index in [-0.39, 0.29) is 6.61 Å². The zero-order chi connectivity index (χ0) is 18.5. The summed E-state index contributed by atoms with van der Waals surface area (Å²) in [5.41, 5.74) is 2.12. The van der Waals surface area contributed by atoms with Crippen LogP contribution in [0.2, 0.25) is 0 Å². The van der Waals surface area contributed by atoms with Crippen LogP contribution in [0.4, 0.5) is 5.69 Å². The lowest BCUT2D eigenvalue weighted by Crippen LogP contribution is -2.10. The lowest BCUT2D eigenvalue weighted by Gasteiger charge is -2.09. The number of aryl methyl sites for hydroxylation is 1. The fraction of sp³-hybridized carbons (Fsp3) is 0.143. The van der Waals surface area contributed by atoms with E-state index in [1.807, 2.05) is 54.6 Å². The second-order valence-corrected chi connectivity index (χ2v) is 5.62. The number of aromatic nitrogens is 1. The van der Waals surface area contributed by atoms with Crippen molar-refractivity contribution < 1.29 is 14.3 Å². The van der Waals surface area contributed by atoms with Crippen molar-refractivity contribution >= 4 is 11.7 Å². The third-order valence-corrected chi connectivity index (χ3v) is 3.87. The quantitative estimate of drug-likeness (QED) is 0.470. The highest BCUT2D eigenvalue weighted by Gasteiger charge is 2.22. The summed E-state index contributed by atoms with van der Waals surface area (Å²) in [6.45, 7) is 9.45. The molecule has 0 amide bonds. The average Bonchev–Trinajstić information content (AvgIpc) is 3.00. The average molecular weight is 346 g/mol. The fourth-order valence-electron chi connectivity index (χ4n) is 2.74. The molecular weight excluding hydrogens is 328 g/mol. The van der Waals surface area contributed by atoms with E-state index in [0.717, 1.165) is 11.3 Å². The number of carbonyl (C=O) groups excluding carboxylic acids is 1. The standard InChI is InChI=1S/C21H18N2O3/c1-4-25-21(24)20-19(18(22-2)14-23(20)3)15-10-12-17(13-11-15)26-16-8-6-5-7-9-16/h5-14H,4H2,1,3H3. The predicted molar refractivity (Wildman–Crippen MR) is 99.6 cm³/mol. The van der Waals surface area contributed by atoms with Gasteiger partial charge in [0.1, 0.15) is 17.2 Å². The van der Waals surface area contributed by atoms with Crippen LogP contribution in [0.5, 0.6) is 11.5 Å². The minimum atomic E-state index is -0.440. The molecule has 0 atom stereocenters. The van der Waals surface area contributed by atoms with Crippen molar-refractivity contribution in [1.82, 2.24) is 4.57 Å². The van der Waals surface area contributed by atoms with Crippen LogP contribution in [0.15, 0.2) is 60.8 Å². The predicted octanol–water partition coefficient (Wildman–Crippen LogP) is 5.21. The van der Waals surface area contributed by atoms with E-state index in [0.29, 0.717) is 22.7 Å². The summed E-state index contributed by atoms with van der Waals surface area (Å²) in [4.78, 5) is 15.9. The Balaban J connectivity index is 1.96. The molecule has 2 aromatic carbocycles. The molecule has 0 unspecified atom stereocenters. The van der Waals surface area contributed by atoms with Crippen molar-refractivity contribution in [3.63, 3.8) is 0 Å². The number of hydrogen-bond donors (Lipinski definition) is 0. The Morgan fingerprint density at radius 3 is 2.35 bits per heavy atom. The van der Waals surface area contributed by atoms with Gasteiger partial charge in [-0.05, 0) is 36.8 Å². The highest BCUT2D eigenvalue weighted by molar-refractivity contribution is 6.00. The van der Waals surface area contributed by atoms with E-state index >= 15 is 0 Å². The highest BCUT2D eigenvalue weighted by atomic mass is 16.5. The summed E-state index contributed by atoms with van der Waals surface area (Å²) in [6, 6.07) is 16.8. The van der Waals surface area contributed by atoms with E-state index in [9.17, 15) is 4.79 Å². The number of carbonyl (C=O) groups is 1. The molecule has 0 N–H and O–H groups in total. The highest BCUT2D eigenvalue weighted by Crippen LogP contribution is 2.37. The number of para-hydroxylation sites is 1. The first kappa shape index (κ1) is 17.3. The van der Waals surface area contributed by atoms with Crippen LogP contribution in [-0.4, -0.2) is 17.1 Å². The molecule has 130 valence electrons. The van der Waals surface area contributed by atoms with Crippen molar-refractivity contribution in [1.29, 1.82) is 0 Å². The molecule has 0 saturated carbocycles. The molecule has 0 bridgehead atoms. The number of nitrogens with zero attached hydrogens (tertiary/aromatic N) is 2. The van der Waals surface area contributed by atoms with Gasteiger partial charge in [0.25, 0.3) is 0 Å². The van der Waals surface area contributed by atoms with Crippen molar-refractivity contribution in [2.24, 2.45) is 7.05 Å². The van der Waals surface area contributed by atoms with Gasteiger partial charge in [-0.15, -0.1) is 0 Å². The van der Waals surface area contributed by atoms with E-state index in [4.69, 9.17) is 16.0 Å². The Hall–Kier alpha value is -3.52. The minimum absolute atomic E-state index is 0.278. The van der Waals surface area contributed by atoms with Crippen molar-refractivity contribution in [2.75, 3.05) is 6.61 Å². The van der Waals surface area contributed by atoms with Crippen molar-refractivity contribution in [2.45, 2.75) is 6.92 Å². The molecule has 0 aliphatic rings. The van der Waals surface area contributed by atoms with Gasteiger partial charge in [0.05, 0.1) is 13.2 Å². The van der Waals surface area contributed by atoms with Gasteiger partial charge in [0.2, 0.25) is 5.69 Å². The SMILES string of the molecule is [C-]#[N+]c1cn(C)c(C(=O)OCC)c1-c1ccc(Oc2ccccc2)cc1. The smallest absolute Gasteiger partial charge is 0.354 e. The number of esters is 1. The van der Waals surface area contributed by atoms with Gasteiger partial charge in [-0.2, -0.15) is 0 Å². The van der Waals surface area contributed by atoms with E-state index in [2.05, 4.69) is 4.85 Å². The maximum atomic E-state index is 12.3. The number of rotatable bonds is 5. The maximum Gasteiger partial charge on any atom is 0.354 e. The first-order valence-electron chi connectivity index (χ1n) is 8.21. The van der Waals surface area contributed by atoms with Gasteiger partial charge in [0, 0.05) is 18.8 Å². The summed E-state index contributed by atoms with van der Waals surface area (Å²) in [5.74, 6) is 0.983. The zero-order valence-electron chi connectivity index (χ0n) is 14.6. The normalized spacial score (nSPS) is 10.2. The molecule has 3 rings (SSSR count). The van der Waals surface area contributed by atoms with E-state index < -0.39 is 5.97 Å². The van der Waals surface area contributed by atoms with E-state index in [1.165, 1.54) is 0 Å². The monoisotopic (exact) mass is 346 g/mol. The number of benzene rings is 2. The summed E-state index contributed by atoms with van der Waals surface area (Å²) in [7, 11) is 1.73. The van der Waals surface area contributed by atoms with Crippen LogP contribution in [0.3, 0.4) is 0 Å². The molecule has 1 heterocycles. The van der Waals surface area contributed by atoms with Crippen LogP contribution in [0.25, 0.3) is 16.0 Å². The Morgan fingerprint density at radius 2 is 1.73 bits per heavy atom. The van der Waals surface area contributed by atoms with Gasteiger partial charge in [-0.3, -0.25) is 0 Å². The van der Waals surface area contributed by atoms with Gasteiger partial charge in [0.15, 0.2) is 0 Å². The Kier molecular flexibility index (Phi) is 5.04. The summed E-state index contributed by atoms with van der Waals surface area (Å²) < 4.78 is 12.6. The topological polar surface area (TPSA) is 44.8 Å². The molecule has 0 saturated heterocycles. The molecule has 0 fully saturated rings. The number of ether oxygens (including phenoxy) is 2. The van der Waals surface area contributed by atoms with Gasteiger partial charge < -0.3 is 14.0 Å². The maximum absolute atomic E-state index is 12.3. The Morgan fingerprint density at radius 1 is 1.08 bits per heavy atom. The Bertz CT molecular complexity index is 951. The second-order valence-electron chi connectivity index (χ2n) is 5.62. The molecule has 1 aromatic heterocycles. The summed E-state index contributed by atoms with van der Waals surface area (Å²) in [6.07, 6.45) is 1.64. The molecule has 26 heavy (non-hydrogen) atoms. The summed E-state index contributed by atoms with van der Waals surface area (Å²) in [5, 5.41) is 0. The van der Waals surface area contributed by atoms with Gasteiger partial charge >= 0.3 is 5.97 Å². The first-order valence-corrected chi connectivity index (χ1v) is 8.21. The van der Waals surface area contributed by atoms with Crippen LogP contribution >= 0.6 is 0 Å². The lowest BCUT2D eigenvalue weighted by molar-refractivity contribution is 0.0516. The van der Waals surface area contributed by atoms with Crippen LogP contribution in [0, 0.1) is 6.57 Å².